The first-order valence-corrected chi connectivity index (χ1v) is 4.93. The van der Waals surface area contributed by atoms with Crippen molar-refractivity contribution in [2.75, 3.05) is 5.32 Å². The molecule has 0 atom stereocenters. The van der Waals surface area contributed by atoms with Gasteiger partial charge in [0.15, 0.2) is 5.11 Å². The lowest BCUT2D eigenvalue weighted by Gasteiger charge is -1.98. The Morgan fingerprint density at radius 2 is 1.94 bits per heavy atom. The molecule has 0 fully saturated rings. The number of aromatic nitrogens is 2. The van der Waals surface area contributed by atoms with Gasteiger partial charge in [-0.25, -0.2) is 9.37 Å². The number of hydrogen-bond donors (Lipinski definition) is 3. The maximum atomic E-state index is 12.7. The summed E-state index contributed by atoms with van der Waals surface area (Å²) in [6.07, 6.45) is 1.62. The lowest BCUT2D eigenvalue weighted by atomic mass is 10.2. The first-order valence-electron chi connectivity index (χ1n) is 4.52. The van der Waals surface area contributed by atoms with Gasteiger partial charge in [-0.3, -0.25) is 0 Å². The predicted octanol–water partition coefficient (Wildman–Crippen LogP) is 1.62. The van der Waals surface area contributed by atoms with Gasteiger partial charge in [0.1, 0.15) is 5.82 Å². The number of rotatable bonds is 2. The van der Waals surface area contributed by atoms with Gasteiger partial charge >= 0.3 is 0 Å². The minimum Gasteiger partial charge on any atom is -0.412 e. The Hall–Kier alpha value is -1.51. The highest BCUT2D eigenvalue weighted by Gasteiger charge is 2.03. The molecule has 98 valence electrons. The molecule has 0 bridgehead atoms. The van der Waals surface area contributed by atoms with E-state index in [0.717, 1.165) is 11.3 Å². The highest BCUT2D eigenvalue weighted by Crippen LogP contribution is 2.18. The van der Waals surface area contributed by atoms with Crippen molar-refractivity contribution in [3.05, 3.63) is 36.3 Å². The zero-order valence-electron chi connectivity index (χ0n) is 9.11. The zero-order valence-corrected chi connectivity index (χ0v) is 11.6. The molecule has 5 nitrogen and oxygen atoms in total. The zero-order chi connectivity index (χ0) is 11.5. The summed E-state index contributed by atoms with van der Waals surface area (Å²) in [5.74, 6) is 0.191. The summed E-state index contributed by atoms with van der Waals surface area (Å²) in [5, 5.41) is 2.81. The Morgan fingerprint density at radius 1 is 1.33 bits per heavy atom. The summed E-state index contributed by atoms with van der Waals surface area (Å²) in [5.41, 5.74) is 6.90. The fourth-order valence-corrected chi connectivity index (χ4v) is 1.37. The summed E-state index contributed by atoms with van der Waals surface area (Å²) < 4.78 is 12.7. The quantitative estimate of drug-likeness (QED) is 0.727. The van der Waals surface area contributed by atoms with Crippen molar-refractivity contribution in [2.24, 2.45) is 5.73 Å². The first kappa shape index (κ1) is 16.5. The molecule has 0 saturated carbocycles. The van der Waals surface area contributed by atoms with Gasteiger partial charge < -0.3 is 21.5 Å². The molecule has 0 unspecified atom stereocenters. The molecule has 1 aromatic carbocycles. The number of halogens is 2. The third-order valence-electron chi connectivity index (χ3n) is 1.97. The van der Waals surface area contributed by atoms with Crippen LogP contribution in [-0.2, 0) is 0 Å². The minimum atomic E-state index is -0.273. The number of anilines is 1. The lowest BCUT2D eigenvalue weighted by molar-refractivity contribution is 0.628. The second-order valence-electron chi connectivity index (χ2n) is 3.14. The molecule has 0 aliphatic heterocycles. The van der Waals surface area contributed by atoms with E-state index in [-0.39, 0.29) is 33.4 Å². The van der Waals surface area contributed by atoms with Crippen LogP contribution in [0.5, 0.6) is 0 Å². The average molecular weight is 335 g/mol. The van der Waals surface area contributed by atoms with Crippen LogP contribution in [0.3, 0.4) is 0 Å². The molecule has 2 rings (SSSR count). The highest BCUT2D eigenvalue weighted by molar-refractivity contribution is 8.93. The third kappa shape index (κ3) is 4.06. The fourth-order valence-electron chi connectivity index (χ4n) is 1.28. The SMILES string of the molecule is Br.NC(=S)Nc1ncc(-c2ccc(F)cc2)[nH]1.O. The van der Waals surface area contributed by atoms with E-state index < -0.39 is 0 Å². The largest absolute Gasteiger partial charge is 0.412 e. The standard InChI is InChI=1S/C10H9FN4S.BrH.H2O/c11-7-3-1-6(2-4-7)8-5-13-10(14-8)15-9(12)16;;/h1-5H,(H4,12,13,14,15,16);1H;1H2. The van der Waals surface area contributed by atoms with E-state index in [2.05, 4.69) is 27.5 Å². The van der Waals surface area contributed by atoms with Crippen LogP contribution in [0.4, 0.5) is 10.3 Å². The molecule has 0 aliphatic carbocycles. The fraction of sp³-hybridized carbons (Fsp3) is 0. The lowest BCUT2D eigenvalue weighted by Crippen LogP contribution is -2.19. The summed E-state index contributed by atoms with van der Waals surface area (Å²) >= 11 is 4.68. The van der Waals surface area contributed by atoms with Gasteiger partial charge in [-0.2, -0.15) is 0 Å². The van der Waals surface area contributed by atoms with Crippen molar-refractivity contribution in [1.82, 2.24) is 9.97 Å². The number of benzene rings is 1. The Morgan fingerprint density at radius 3 is 2.50 bits per heavy atom. The molecule has 1 heterocycles. The number of hydrogen-bond acceptors (Lipinski definition) is 2. The molecule has 0 aliphatic rings. The van der Waals surface area contributed by atoms with Crippen molar-refractivity contribution >= 4 is 40.3 Å². The maximum absolute atomic E-state index is 12.7. The van der Waals surface area contributed by atoms with Crippen LogP contribution >= 0.6 is 29.2 Å². The molecule has 0 amide bonds. The van der Waals surface area contributed by atoms with Crippen LogP contribution in [0, 0.1) is 5.82 Å². The Bertz CT molecular complexity index is 517. The number of H-pyrrole nitrogens is 1. The molecule has 1 aromatic heterocycles. The van der Waals surface area contributed by atoms with Gasteiger partial charge in [-0.15, -0.1) is 17.0 Å². The van der Waals surface area contributed by atoms with E-state index in [9.17, 15) is 4.39 Å². The molecule has 0 saturated heterocycles. The molecule has 0 radical (unpaired) electrons. The summed E-state index contributed by atoms with van der Waals surface area (Å²) in [4.78, 5) is 7.00. The van der Waals surface area contributed by atoms with Crippen LogP contribution in [0.1, 0.15) is 0 Å². The predicted molar refractivity (Wildman–Crippen MR) is 78.3 cm³/mol. The third-order valence-corrected chi connectivity index (χ3v) is 2.07. The van der Waals surface area contributed by atoms with E-state index in [1.54, 1.807) is 18.3 Å². The molecular weight excluding hydrogens is 323 g/mol. The first-order chi connectivity index (χ1) is 7.65. The normalized spacial score (nSPS) is 8.94. The molecule has 6 N–H and O–H groups in total. The second-order valence-corrected chi connectivity index (χ2v) is 3.58. The number of nitrogens with two attached hydrogens (primary N) is 1. The molecule has 18 heavy (non-hydrogen) atoms. The molecule has 0 spiro atoms. The van der Waals surface area contributed by atoms with E-state index in [1.165, 1.54) is 12.1 Å². The number of nitrogens with one attached hydrogen (secondary N) is 2. The summed E-state index contributed by atoms with van der Waals surface area (Å²) in [7, 11) is 0. The van der Waals surface area contributed by atoms with Gasteiger partial charge in [-0.1, -0.05) is 0 Å². The monoisotopic (exact) mass is 334 g/mol. The van der Waals surface area contributed by atoms with Gasteiger partial charge in [0.2, 0.25) is 5.95 Å². The van der Waals surface area contributed by atoms with Crippen molar-refractivity contribution in [3.8, 4) is 11.3 Å². The number of aromatic amines is 1. The average Bonchev–Trinajstić information content (AvgIpc) is 2.66. The van der Waals surface area contributed by atoms with Crippen LogP contribution in [0.25, 0.3) is 11.3 Å². The van der Waals surface area contributed by atoms with E-state index in [4.69, 9.17) is 5.73 Å². The van der Waals surface area contributed by atoms with Crippen molar-refractivity contribution < 1.29 is 9.87 Å². The van der Waals surface area contributed by atoms with E-state index in [1.807, 2.05) is 0 Å². The molecular formula is C10H12BrFN4OS. The van der Waals surface area contributed by atoms with Gasteiger partial charge in [-0.05, 0) is 42.0 Å². The maximum Gasteiger partial charge on any atom is 0.206 e. The van der Waals surface area contributed by atoms with Crippen LogP contribution in [0.2, 0.25) is 0 Å². The number of thiocarbonyl (C=S) groups is 1. The van der Waals surface area contributed by atoms with Crippen molar-refractivity contribution in [3.63, 3.8) is 0 Å². The highest BCUT2D eigenvalue weighted by atomic mass is 79.9. The minimum absolute atomic E-state index is 0. The van der Waals surface area contributed by atoms with Crippen LogP contribution < -0.4 is 11.1 Å². The number of imidazole rings is 1. The smallest absolute Gasteiger partial charge is 0.206 e. The Kier molecular flexibility index (Phi) is 6.45. The molecule has 2 aromatic rings. The van der Waals surface area contributed by atoms with Crippen LogP contribution in [0.15, 0.2) is 30.5 Å². The Balaban J connectivity index is 0.00000144. The number of nitrogens with zero attached hydrogens (tertiary/aromatic N) is 1. The van der Waals surface area contributed by atoms with Crippen molar-refractivity contribution in [1.29, 1.82) is 0 Å². The van der Waals surface area contributed by atoms with E-state index in [0.29, 0.717) is 5.95 Å². The molecule has 8 heteroatoms. The summed E-state index contributed by atoms with van der Waals surface area (Å²) in [6, 6.07) is 6.09. The van der Waals surface area contributed by atoms with Crippen LogP contribution in [-0.4, -0.2) is 20.6 Å². The topological polar surface area (TPSA) is 98.2 Å². The second kappa shape index (κ2) is 7.04. The van der Waals surface area contributed by atoms with E-state index >= 15 is 0 Å². The Labute approximate surface area is 119 Å². The van der Waals surface area contributed by atoms with Gasteiger partial charge in [0.05, 0.1) is 11.9 Å². The summed E-state index contributed by atoms with van der Waals surface area (Å²) in [6.45, 7) is 0. The van der Waals surface area contributed by atoms with Crippen molar-refractivity contribution in [2.45, 2.75) is 0 Å². The van der Waals surface area contributed by atoms with Gasteiger partial charge in [0, 0.05) is 0 Å². The van der Waals surface area contributed by atoms with Gasteiger partial charge in [0.25, 0.3) is 0 Å².